The highest BCUT2D eigenvalue weighted by atomic mass is 16.5. The summed E-state index contributed by atoms with van der Waals surface area (Å²) < 4.78 is 10.9. The molecule has 1 saturated carbocycles. The molecule has 1 rings (SSSR count). The van der Waals surface area contributed by atoms with Crippen LogP contribution >= 0.6 is 0 Å². The lowest BCUT2D eigenvalue weighted by Crippen LogP contribution is -2.64. The molecule has 0 aromatic carbocycles. The van der Waals surface area contributed by atoms with Crippen LogP contribution in [0.1, 0.15) is 40.5 Å². The molecule has 4 atom stereocenters. The number of nitrogens with one attached hydrogen (secondary N) is 1. The fourth-order valence-electron chi connectivity index (χ4n) is 2.65. The van der Waals surface area contributed by atoms with Crippen LogP contribution < -0.4 is 5.32 Å². The van der Waals surface area contributed by atoms with Crippen molar-refractivity contribution in [1.82, 2.24) is 5.32 Å². The molecule has 3 heteroatoms. The van der Waals surface area contributed by atoms with E-state index in [4.69, 9.17) is 9.47 Å². The van der Waals surface area contributed by atoms with Gasteiger partial charge in [-0.2, -0.15) is 0 Å². The first-order valence-corrected chi connectivity index (χ1v) is 6.45. The van der Waals surface area contributed by atoms with Crippen LogP contribution in [0.3, 0.4) is 0 Å². The summed E-state index contributed by atoms with van der Waals surface area (Å²) in [4.78, 5) is 0. The molecule has 0 saturated heterocycles. The molecule has 4 unspecified atom stereocenters. The number of rotatable bonds is 7. The molecular formula is C13H27NO2. The standard InChI is InChI=1S/C13H27NO2/c1-6-13(4)11(8-12(13)16-7-2)14-10(3)9-15-5/h10-12,14H,6-9H2,1-5H3. The zero-order chi connectivity index (χ0) is 12.2. The summed E-state index contributed by atoms with van der Waals surface area (Å²) in [7, 11) is 1.75. The highest BCUT2D eigenvalue weighted by Crippen LogP contribution is 2.45. The van der Waals surface area contributed by atoms with E-state index in [0.29, 0.717) is 18.2 Å². The van der Waals surface area contributed by atoms with Crippen LogP contribution in [0.15, 0.2) is 0 Å². The lowest BCUT2D eigenvalue weighted by molar-refractivity contribution is -0.128. The summed E-state index contributed by atoms with van der Waals surface area (Å²) in [5.74, 6) is 0. The number of ether oxygens (including phenoxy) is 2. The van der Waals surface area contributed by atoms with Crippen molar-refractivity contribution < 1.29 is 9.47 Å². The monoisotopic (exact) mass is 229 g/mol. The van der Waals surface area contributed by atoms with Crippen molar-refractivity contribution in [2.45, 2.75) is 58.7 Å². The van der Waals surface area contributed by atoms with Gasteiger partial charge in [0.1, 0.15) is 0 Å². The summed E-state index contributed by atoms with van der Waals surface area (Å²) in [5.41, 5.74) is 0.290. The van der Waals surface area contributed by atoms with Gasteiger partial charge in [-0.3, -0.25) is 0 Å². The first-order chi connectivity index (χ1) is 7.58. The lowest BCUT2D eigenvalue weighted by atomic mass is 9.61. The van der Waals surface area contributed by atoms with Gasteiger partial charge in [-0.1, -0.05) is 13.8 Å². The van der Waals surface area contributed by atoms with Gasteiger partial charge in [0.15, 0.2) is 0 Å². The van der Waals surface area contributed by atoms with Crippen LogP contribution in [0, 0.1) is 5.41 Å². The maximum atomic E-state index is 5.78. The summed E-state index contributed by atoms with van der Waals surface area (Å²) in [6.07, 6.45) is 2.72. The fraction of sp³-hybridized carbons (Fsp3) is 1.00. The highest BCUT2D eigenvalue weighted by Gasteiger charge is 2.51. The molecule has 0 amide bonds. The molecule has 0 aromatic heterocycles. The number of hydrogen-bond donors (Lipinski definition) is 1. The highest BCUT2D eigenvalue weighted by molar-refractivity contribution is 5.05. The van der Waals surface area contributed by atoms with Crippen molar-refractivity contribution in [3.05, 3.63) is 0 Å². The summed E-state index contributed by atoms with van der Waals surface area (Å²) in [5, 5.41) is 3.64. The van der Waals surface area contributed by atoms with Gasteiger partial charge in [0, 0.05) is 31.2 Å². The Bertz CT molecular complexity index is 210. The molecule has 0 aliphatic heterocycles. The van der Waals surface area contributed by atoms with E-state index in [1.165, 1.54) is 0 Å². The first kappa shape index (κ1) is 13.9. The summed E-state index contributed by atoms with van der Waals surface area (Å²) in [6, 6.07) is 0.989. The predicted octanol–water partition coefficient (Wildman–Crippen LogP) is 2.20. The molecule has 1 aliphatic carbocycles. The third-order valence-corrected chi connectivity index (χ3v) is 4.01. The van der Waals surface area contributed by atoms with Crippen LogP contribution in [0.4, 0.5) is 0 Å². The SMILES string of the molecule is CCOC1CC(NC(C)COC)C1(C)CC. The molecule has 0 bridgehead atoms. The zero-order valence-corrected chi connectivity index (χ0v) is 11.4. The van der Waals surface area contributed by atoms with Crippen LogP contribution in [0.2, 0.25) is 0 Å². The molecule has 1 aliphatic rings. The van der Waals surface area contributed by atoms with Crippen molar-refractivity contribution in [2.24, 2.45) is 5.41 Å². The van der Waals surface area contributed by atoms with Crippen LogP contribution in [0.5, 0.6) is 0 Å². The molecule has 0 spiro atoms. The Morgan fingerprint density at radius 1 is 1.44 bits per heavy atom. The fourth-order valence-corrected chi connectivity index (χ4v) is 2.65. The van der Waals surface area contributed by atoms with Crippen molar-refractivity contribution in [3.63, 3.8) is 0 Å². The smallest absolute Gasteiger partial charge is 0.0658 e. The molecule has 0 radical (unpaired) electrons. The Kier molecular flexibility index (Phi) is 5.22. The van der Waals surface area contributed by atoms with E-state index < -0.39 is 0 Å². The van der Waals surface area contributed by atoms with Crippen LogP contribution in [-0.2, 0) is 9.47 Å². The Morgan fingerprint density at radius 3 is 2.62 bits per heavy atom. The molecule has 96 valence electrons. The maximum absolute atomic E-state index is 5.78. The summed E-state index contributed by atoms with van der Waals surface area (Å²) in [6.45, 7) is 10.4. The lowest BCUT2D eigenvalue weighted by Gasteiger charge is -2.54. The van der Waals surface area contributed by atoms with Gasteiger partial charge < -0.3 is 14.8 Å². The van der Waals surface area contributed by atoms with E-state index >= 15 is 0 Å². The van der Waals surface area contributed by atoms with E-state index in [1.54, 1.807) is 7.11 Å². The van der Waals surface area contributed by atoms with Crippen molar-refractivity contribution in [3.8, 4) is 0 Å². The van der Waals surface area contributed by atoms with Crippen molar-refractivity contribution in [1.29, 1.82) is 0 Å². The van der Waals surface area contributed by atoms with E-state index in [9.17, 15) is 0 Å². The van der Waals surface area contributed by atoms with Crippen molar-refractivity contribution in [2.75, 3.05) is 20.3 Å². The van der Waals surface area contributed by atoms with Gasteiger partial charge in [-0.15, -0.1) is 0 Å². The average Bonchev–Trinajstić information content (AvgIpc) is 2.27. The average molecular weight is 229 g/mol. The van der Waals surface area contributed by atoms with Gasteiger partial charge in [-0.25, -0.2) is 0 Å². The molecule has 1 N–H and O–H groups in total. The van der Waals surface area contributed by atoms with E-state index in [-0.39, 0.29) is 5.41 Å². The molecule has 3 nitrogen and oxygen atoms in total. The Balaban J connectivity index is 2.45. The van der Waals surface area contributed by atoms with Gasteiger partial charge in [0.2, 0.25) is 0 Å². The molecule has 16 heavy (non-hydrogen) atoms. The number of methoxy groups -OCH3 is 1. The van der Waals surface area contributed by atoms with Crippen LogP contribution in [0.25, 0.3) is 0 Å². The van der Waals surface area contributed by atoms with Gasteiger partial charge in [0.25, 0.3) is 0 Å². The minimum atomic E-state index is 0.290. The van der Waals surface area contributed by atoms with Gasteiger partial charge in [0.05, 0.1) is 12.7 Å². The number of hydrogen-bond acceptors (Lipinski definition) is 3. The largest absolute Gasteiger partial charge is 0.383 e. The normalized spacial score (nSPS) is 35.8. The Morgan fingerprint density at radius 2 is 2.12 bits per heavy atom. The quantitative estimate of drug-likeness (QED) is 0.726. The van der Waals surface area contributed by atoms with E-state index in [1.807, 2.05) is 0 Å². The van der Waals surface area contributed by atoms with E-state index in [2.05, 4.69) is 33.0 Å². The minimum Gasteiger partial charge on any atom is -0.383 e. The zero-order valence-electron chi connectivity index (χ0n) is 11.4. The minimum absolute atomic E-state index is 0.290. The maximum Gasteiger partial charge on any atom is 0.0658 e. The Hall–Kier alpha value is -0.120. The molecular weight excluding hydrogens is 202 g/mol. The second-order valence-corrected chi connectivity index (χ2v) is 5.11. The van der Waals surface area contributed by atoms with Crippen molar-refractivity contribution >= 4 is 0 Å². The Labute approximate surface area is 99.9 Å². The third kappa shape index (κ3) is 2.76. The first-order valence-electron chi connectivity index (χ1n) is 6.45. The second kappa shape index (κ2) is 5.99. The molecule has 0 heterocycles. The topological polar surface area (TPSA) is 30.5 Å². The van der Waals surface area contributed by atoms with Crippen LogP contribution in [-0.4, -0.2) is 38.5 Å². The third-order valence-electron chi connectivity index (χ3n) is 4.01. The molecule has 0 aromatic rings. The van der Waals surface area contributed by atoms with Gasteiger partial charge in [-0.05, 0) is 26.7 Å². The second-order valence-electron chi connectivity index (χ2n) is 5.11. The predicted molar refractivity (Wildman–Crippen MR) is 66.7 cm³/mol. The molecule has 1 fully saturated rings. The summed E-state index contributed by atoms with van der Waals surface area (Å²) >= 11 is 0. The van der Waals surface area contributed by atoms with E-state index in [0.717, 1.165) is 26.1 Å². The van der Waals surface area contributed by atoms with Gasteiger partial charge >= 0.3 is 0 Å².